The molecule has 2 aromatic carbocycles. The Morgan fingerprint density at radius 3 is 2.72 bits per heavy atom. The zero-order chi connectivity index (χ0) is 13.0. The third-order valence-corrected chi connectivity index (χ3v) is 3.97. The lowest BCUT2D eigenvalue weighted by molar-refractivity contribution is 0.281. The molecule has 2 aromatic rings. The second kappa shape index (κ2) is 6.23. The summed E-state index contributed by atoms with van der Waals surface area (Å²) in [5.74, 6) is 0.213. The van der Waals surface area contributed by atoms with Gasteiger partial charge in [-0.05, 0) is 29.3 Å². The second-order valence-corrected chi connectivity index (χ2v) is 5.23. The third kappa shape index (κ3) is 3.25. The second-order valence-electron chi connectivity index (χ2n) is 3.81. The molecule has 0 radical (unpaired) electrons. The van der Waals surface area contributed by atoms with E-state index in [1.54, 1.807) is 17.8 Å². The molecule has 0 saturated heterocycles. The van der Waals surface area contributed by atoms with Gasteiger partial charge in [0.15, 0.2) is 0 Å². The summed E-state index contributed by atoms with van der Waals surface area (Å²) in [5.41, 5.74) is 1.64. The van der Waals surface area contributed by atoms with Crippen LogP contribution in [0.5, 0.6) is 0 Å². The first-order chi connectivity index (χ1) is 8.70. The van der Waals surface area contributed by atoms with E-state index >= 15 is 0 Å². The van der Waals surface area contributed by atoms with E-state index in [1.807, 2.05) is 30.3 Å². The van der Waals surface area contributed by atoms with Gasteiger partial charge in [0.1, 0.15) is 5.82 Å². The zero-order valence-corrected chi connectivity index (χ0v) is 11.1. The zero-order valence-electron chi connectivity index (χ0n) is 9.57. The lowest BCUT2D eigenvalue weighted by Crippen LogP contribution is -1.87. The summed E-state index contributed by atoms with van der Waals surface area (Å²) in [7, 11) is 0. The summed E-state index contributed by atoms with van der Waals surface area (Å²) in [6, 6.07) is 12.4. The Hall–Kier alpha value is -1.03. The van der Waals surface area contributed by atoms with Crippen LogP contribution in [-0.4, -0.2) is 5.11 Å². The van der Waals surface area contributed by atoms with Crippen LogP contribution in [0.25, 0.3) is 0 Å². The highest BCUT2D eigenvalue weighted by atomic mass is 35.5. The third-order valence-electron chi connectivity index (χ3n) is 2.51. The average Bonchev–Trinajstić information content (AvgIpc) is 2.41. The van der Waals surface area contributed by atoms with Gasteiger partial charge in [0, 0.05) is 10.6 Å². The molecule has 0 saturated carbocycles. The highest BCUT2D eigenvalue weighted by Gasteiger charge is 2.06. The van der Waals surface area contributed by atoms with E-state index in [0.29, 0.717) is 5.75 Å². The molecular formula is C14H12ClFOS. The summed E-state index contributed by atoms with van der Waals surface area (Å²) < 4.78 is 13.2. The molecule has 18 heavy (non-hydrogen) atoms. The monoisotopic (exact) mass is 282 g/mol. The molecule has 0 amide bonds. The first-order valence-corrected chi connectivity index (χ1v) is 6.82. The molecule has 0 unspecified atom stereocenters. The van der Waals surface area contributed by atoms with Crippen LogP contribution in [0.15, 0.2) is 47.4 Å². The van der Waals surface area contributed by atoms with Crippen LogP contribution >= 0.6 is 23.4 Å². The molecule has 0 aromatic heterocycles. The summed E-state index contributed by atoms with van der Waals surface area (Å²) in [6.45, 7) is 0.0229. The van der Waals surface area contributed by atoms with E-state index in [9.17, 15) is 4.39 Å². The van der Waals surface area contributed by atoms with Gasteiger partial charge in [-0.25, -0.2) is 4.39 Å². The van der Waals surface area contributed by atoms with Gasteiger partial charge in [0.2, 0.25) is 0 Å². The van der Waals surface area contributed by atoms with Crippen molar-refractivity contribution in [1.29, 1.82) is 0 Å². The van der Waals surface area contributed by atoms with Crippen molar-refractivity contribution >= 4 is 23.4 Å². The molecule has 0 spiro atoms. The van der Waals surface area contributed by atoms with E-state index < -0.39 is 0 Å². The molecule has 0 aliphatic rings. The van der Waals surface area contributed by atoms with Gasteiger partial charge >= 0.3 is 0 Å². The largest absolute Gasteiger partial charge is 0.392 e. The molecule has 0 heterocycles. The van der Waals surface area contributed by atoms with E-state index in [0.717, 1.165) is 16.0 Å². The molecule has 0 fully saturated rings. The normalized spacial score (nSPS) is 10.6. The molecule has 0 atom stereocenters. The minimum Gasteiger partial charge on any atom is -0.392 e. The van der Waals surface area contributed by atoms with Crippen LogP contribution in [0.1, 0.15) is 11.1 Å². The van der Waals surface area contributed by atoms with Gasteiger partial charge in [-0.15, -0.1) is 11.8 Å². The van der Waals surface area contributed by atoms with Crippen molar-refractivity contribution in [2.24, 2.45) is 0 Å². The predicted molar refractivity (Wildman–Crippen MR) is 73.3 cm³/mol. The number of hydrogen-bond acceptors (Lipinski definition) is 2. The van der Waals surface area contributed by atoms with Gasteiger partial charge in [0.05, 0.1) is 11.6 Å². The Labute approximate surface area is 115 Å². The van der Waals surface area contributed by atoms with Crippen molar-refractivity contribution in [3.05, 3.63) is 64.4 Å². The fourth-order valence-electron chi connectivity index (χ4n) is 1.55. The summed E-state index contributed by atoms with van der Waals surface area (Å²) in [5, 5.41) is 9.23. The molecule has 0 bridgehead atoms. The van der Waals surface area contributed by atoms with Gasteiger partial charge in [-0.3, -0.25) is 0 Å². The minimum atomic E-state index is -0.390. The van der Waals surface area contributed by atoms with Crippen LogP contribution in [0.2, 0.25) is 5.02 Å². The van der Waals surface area contributed by atoms with Crippen molar-refractivity contribution < 1.29 is 9.50 Å². The van der Waals surface area contributed by atoms with E-state index in [-0.39, 0.29) is 17.4 Å². The van der Waals surface area contributed by atoms with E-state index in [1.165, 1.54) is 6.07 Å². The summed E-state index contributed by atoms with van der Waals surface area (Å²) in [4.78, 5) is 1.03. The molecule has 2 rings (SSSR count). The van der Waals surface area contributed by atoms with Crippen molar-refractivity contribution in [2.75, 3.05) is 0 Å². The quantitative estimate of drug-likeness (QED) is 0.846. The van der Waals surface area contributed by atoms with Gasteiger partial charge < -0.3 is 5.11 Å². The van der Waals surface area contributed by atoms with Gasteiger partial charge in [-0.2, -0.15) is 0 Å². The Kier molecular flexibility index (Phi) is 4.64. The summed E-state index contributed by atoms with van der Waals surface area (Å²) >= 11 is 7.45. The standard InChI is InChI=1S/C14H12ClFOS/c15-14-11(4-2-6-13(14)16)9-18-12-5-1-3-10(7-12)8-17/h1-7,17H,8-9H2. The first kappa shape index (κ1) is 13.4. The van der Waals surface area contributed by atoms with Crippen LogP contribution in [0.3, 0.4) is 0 Å². The maximum atomic E-state index is 13.2. The highest BCUT2D eigenvalue weighted by molar-refractivity contribution is 7.98. The molecule has 0 aliphatic heterocycles. The molecule has 1 nitrogen and oxygen atoms in total. The maximum absolute atomic E-state index is 13.2. The Balaban J connectivity index is 2.09. The van der Waals surface area contributed by atoms with Crippen molar-refractivity contribution in [3.63, 3.8) is 0 Å². The first-order valence-electron chi connectivity index (χ1n) is 5.46. The van der Waals surface area contributed by atoms with Crippen molar-refractivity contribution in [1.82, 2.24) is 0 Å². The number of aliphatic hydroxyl groups excluding tert-OH is 1. The van der Waals surface area contributed by atoms with Gasteiger partial charge in [0.25, 0.3) is 0 Å². The van der Waals surface area contributed by atoms with E-state index in [4.69, 9.17) is 16.7 Å². The summed E-state index contributed by atoms with van der Waals surface area (Å²) in [6.07, 6.45) is 0. The molecule has 1 N–H and O–H groups in total. The number of aliphatic hydroxyl groups is 1. The SMILES string of the molecule is OCc1cccc(SCc2cccc(F)c2Cl)c1. The Morgan fingerprint density at radius 2 is 1.94 bits per heavy atom. The number of benzene rings is 2. The Bertz CT molecular complexity index is 545. The average molecular weight is 283 g/mol. The van der Waals surface area contributed by atoms with Crippen LogP contribution in [0, 0.1) is 5.82 Å². The fourth-order valence-corrected chi connectivity index (χ4v) is 2.80. The topological polar surface area (TPSA) is 20.2 Å². The predicted octanol–water partition coefficient (Wildman–Crippen LogP) is 4.26. The number of hydrogen-bond donors (Lipinski definition) is 1. The van der Waals surface area contributed by atoms with Crippen LogP contribution < -0.4 is 0 Å². The number of thioether (sulfide) groups is 1. The Morgan fingerprint density at radius 1 is 1.17 bits per heavy atom. The minimum absolute atomic E-state index is 0.0229. The van der Waals surface area contributed by atoms with Crippen molar-refractivity contribution in [2.45, 2.75) is 17.3 Å². The molecular weight excluding hydrogens is 271 g/mol. The number of rotatable bonds is 4. The van der Waals surface area contributed by atoms with Crippen LogP contribution in [0.4, 0.5) is 4.39 Å². The van der Waals surface area contributed by atoms with E-state index in [2.05, 4.69) is 0 Å². The van der Waals surface area contributed by atoms with Gasteiger partial charge in [-0.1, -0.05) is 35.9 Å². The number of halogens is 2. The van der Waals surface area contributed by atoms with Crippen LogP contribution in [-0.2, 0) is 12.4 Å². The molecule has 0 aliphatic carbocycles. The molecule has 94 valence electrons. The maximum Gasteiger partial charge on any atom is 0.142 e. The lowest BCUT2D eigenvalue weighted by Gasteiger charge is -2.06. The highest BCUT2D eigenvalue weighted by Crippen LogP contribution is 2.28. The lowest BCUT2D eigenvalue weighted by atomic mass is 10.2. The molecule has 4 heteroatoms. The fraction of sp³-hybridized carbons (Fsp3) is 0.143. The van der Waals surface area contributed by atoms with Crippen molar-refractivity contribution in [3.8, 4) is 0 Å². The smallest absolute Gasteiger partial charge is 0.142 e.